The standard InChI is InChI=1S/C17H19NO5/c1-9(19)12-6-18-13-4-3-10(5-11(12)13)23-15-8-22-16-14(20-2)7-21-17(15)16/h3-6,14-18H,7-8H2,1-2H3/t14-,15-,16-,17-/m1/s1. The van der Waals surface area contributed by atoms with Gasteiger partial charge >= 0.3 is 0 Å². The summed E-state index contributed by atoms with van der Waals surface area (Å²) < 4.78 is 23.0. The second-order valence-corrected chi connectivity index (χ2v) is 5.99. The number of hydrogen-bond acceptors (Lipinski definition) is 5. The Labute approximate surface area is 133 Å². The van der Waals surface area contributed by atoms with Crippen LogP contribution < -0.4 is 4.74 Å². The predicted octanol–water partition coefficient (Wildman–Crippen LogP) is 1.93. The zero-order valence-electron chi connectivity index (χ0n) is 13.1. The number of methoxy groups -OCH3 is 1. The minimum atomic E-state index is -0.169. The number of aromatic amines is 1. The summed E-state index contributed by atoms with van der Waals surface area (Å²) in [5, 5.41) is 0.868. The molecule has 6 heteroatoms. The third-order valence-electron chi connectivity index (χ3n) is 4.59. The van der Waals surface area contributed by atoms with Crippen molar-refractivity contribution in [1.82, 2.24) is 4.98 Å². The highest BCUT2D eigenvalue weighted by Gasteiger charge is 2.49. The van der Waals surface area contributed by atoms with Gasteiger partial charge in [-0.1, -0.05) is 0 Å². The van der Waals surface area contributed by atoms with Crippen molar-refractivity contribution in [3.05, 3.63) is 30.0 Å². The predicted molar refractivity (Wildman–Crippen MR) is 83.0 cm³/mol. The van der Waals surface area contributed by atoms with Gasteiger partial charge in [0, 0.05) is 29.8 Å². The van der Waals surface area contributed by atoms with E-state index in [2.05, 4.69) is 4.98 Å². The molecule has 2 fully saturated rings. The molecular weight excluding hydrogens is 298 g/mol. The smallest absolute Gasteiger partial charge is 0.161 e. The first kappa shape index (κ1) is 14.7. The summed E-state index contributed by atoms with van der Waals surface area (Å²) in [6.45, 7) is 2.56. The quantitative estimate of drug-likeness (QED) is 0.873. The van der Waals surface area contributed by atoms with Crippen LogP contribution in [-0.4, -0.2) is 55.5 Å². The van der Waals surface area contributed by atoms with Crippen LogP contribution in [-0.2, 0) is 14.2 Å². The number of nitrogens with one attached hydrogen (secondary N) is 1. The van der Waals surface area contributed by atoms with Gasteiger partial charge in [0.15, 0.2) is 11.9 Å². The number of ketones is 1. The minimum absolute atomic E-state index is 0.0275. The highest BCUT2D eigenvalue weighted by molar-refractivity contribution is 6.07. The number of Topliss-reactive ketones (excluding diaryl/α,β-unsaturated/α-hetero) is 1. The van der Waals surface area contributed by atoms with Gasteiger partial charge in [0.05, 0.1) is 13.2 Å². The molecule has 0 amide bonds. The van der Waals surface area contributed by atoms with Crippen molar-refractivity contribution in [1.29, 1.82) is 0 Å². The second-order valence-electron chi connectivity index (χ2n) is 5.99. The Morgan fingerprint density at radius 1 is 1.22 bits per heavy atom. The molecular formula is C17H19NO5. The number of benzene rings is 1. The van der Waals surface area contributed by atoms with E-state index in [4.69, 9.17) is 18.9 Å². The van der Waals surface area contributed by atoms with Gasteiger partial charge in [0.1, 0.15) is 24.1 Å². The van der Waals surface area contributed by atoms with E-state index in [-0.39, 0.29) is 30.2 Å². The largest absolute Gasteiger partial charge is 0.485 e. The van der Waals surface area contributed by atoms with E-state index in [1.54, 1.807) is 20.2 Å². The molecule has 0 bridgehead atoms. The minimum Gasteiger partial charge on any atom is -0.485 e. The summed E-state index contributed by atoms with van der Waals surface area (Å²) in [6.07, 6.45) is 1.33. The third kappa shape index (κ3) is 2.43. The van der Waals surface area contributed by atoms with Crippen LogP contribution in [0.4, 0.5) is 0 Å². The summed E-state index contributed by atoms with van der Waals surface area (Å²) in [7, 11) is 1.66. The number of carbonyl (C=O) groups is 1. The lowest BCUT2D eigenvalue weighted by Crippen LogP contribution is -2.35. The number of hydrogen-bond donors (Lipinski definition) is 1. The van der Waals surface area contributed by atoms with Crippen molar-refractivity contribution in [3.8, 4) is 5.75 Å². The van der Waals surface area contributed by atoms with Crippen molar-refractivity contribution in [2.75, 3.05) is 20.3 Å². The molecule has 1 N–H and O–H groups in total. The molecule has 1 aromatic carbocycles. The maximum absolute atomic E-state index is 11.7. The lowest BCUT2D eigenvalue weighted by molar-refractivity contribution is -0.0138. The highest BCUT2D eigenvalue weighted by atomic mass is 16.6. The van der Waals surface area contributed by atoms with Crippen LogP contribution >= 0.6 is 0 Å². The Hall–Kier alpha value is -1.89. The molecule has 6 nitrogen and oxygen atoms in total. The Morgan fingerprint density at radius 2 is 1.96 bits per heavy atom. The first-order valence-electron chi connectivity index (χ1n) is 7.72. The molecule has 0 aliphatic carbocycles. The van der Waals surface area contributed by atoms with Crippen molar-refractivity contribution in [2.45, 2.75) is 31.3 Å². The van der Waals surface area contributed by atoms with Gasteiger partial charge in [-0.25, -0.2) is 0 Å². The molecule has 0 unspecified atom stereocenters. The Bertz CT molecular complexity index is 740. The van der Waals surface area contributed by atoms with Gasteiger partial charge in [0.2, 0.25) is 0 Å². The maximum Gasteiger partial charge on any atom is 0.161 e. The molecule has 4 rings (SSSR count). The monoisotopic (exact) mass is 317 g/mol. The first-order valence-corrected chi connectivity index (χ1v) is 7.72. The number of carbonyl (C=O) groups excluding carboxylic acids is 1. The van der Waals surface area contributed by atoms with Gasteiger partial charge in [0.25, 0.3) is 0 Å². The Balaban J connectivity index is 1.56. The number of aromatic nitrogens is 1. The van der Waals surface area contributed by atoms with Crippen LogP contribution in [0.1, 0.15) is 17.3 Å². The zero-order valence-corrected chi connectivity index (χ0v) is 13.1. The molecule has 0 saturated carbocycles. The fourth-order valence-corrected chi connectivity index (χ4v) is 3.37. The Morgan fingerprint density at radius 3 is 2.70 bits per heavy atom. The number of rotatable bonds is 4. The summed E-state index contributed by atoms with van der Waals surface area (Å²) >= 11 is 0. The van der Waals surface area contributed by atoms with Gasteiger partial charge in [-0.3, -0.25) is 4.79 Å². The fourth-order valence-electron chi connectivity index (χ4n) is 3.37. The van der Waals surface area contributed by atoms with Crippen LogP contribution in [0.2, 0.25) is 0 Å². The molecule has 4 atom stereocenters. The molecule has 2 aromatic rings. The van der Waals surface area contributed by atoms with Crippen LogP contribution in [0, 0.1) is 0 Å². The molecule has 2 aliphatic rings. The normalized spacial score (nSPS) is 29.8. The number of fused-ring (bicyclic) bond motifs is 2. The third-order valence-corrected chi connectivity index (χ3v) is 4.59. The molecule has 122 valence electrons. The fraction of sp³-hybridized carbons (Fsp3) is 0.471. The van der Waals surface area contributed by atoms with Gasteiger partial charge in [-0.2, -0.15) is 0 Å². The van der Waals surface area contributed by atoms with E-state index in [9.17, 15) is 4.79 Å². The second kappa shape index (κ2) is 5.63. The van der Waals surface area contributed by atoms with E-state index < -0.39 is 0 Å². The SMILES string of the molecule is CO[C@@H]1CO[C@H]2[C@@H]1OC[C@H]2Oc1ccc2[nH]cc(C(C)=O)c2c1. The van der Waals surface area contributed by atoms with E-state index in [1.165, 1.54) is 0 Å². The van der Waals surface area contributed by atoms with Crippen molar-refractivity contribution in [3.63, 3.8) is 0 Å². The number of ether oxygens (including phenoxy) is 4. The average molecular weight is 317 g/mol. The van der Waals surface area contributed by atoms with Crippen molar-refractivity contribution >= 4 is 16.7 Å². The molecule has 2 saturated heterocycles. The molecule has 0 radical (unpaired) electrons. The van der Waals surface area contributed by atoms with E-state index in [0.717, 1.165) is 10.9 Å². The van der Waals surface area contributed by atoms with Crippen LogP contribution in [0.5, 0.6) is 5.75 Å². The number of H-pyrrole nitrogens is 1. The summed E-state index contributed by atoms with van der Waals surface area (Å²) in [4.78, 5) is 14.8. The lowest BCUT2D eigenvalue weighted by atomic mass is 10.1. The summed E-state index contributed by atoms with van der Waals surface area (Å²) in [6, 6.07) is 5.69. The molecule has 23 heavy (non-hydrogen) atoms. The van der Waals surface area contributed by atoms with E-state index in [0.29, 0.717) is 24.5 Å². The van der Waals surface area contributed by atoms with Gasteiger partial charge in [-0.15, -0.1) is 0 Å². The van der Waals surface area contributed by atoms with Gasteiger partial charge < -0.3 is 23.9 Å². The van der Waals surface area contributed by atoms with Crippen molar-refractivity contribution in [2.24, 2.45) is 0 Å². The average Bonchev–Trinajstić information content (AvgIpc) is 3.22. The summed E-state index contributed by atoms with van der Waals surface area (Å²) in [5.41, 5.74) is 1.59. The lowest BCUT2D eigenvalue weighted by Gasteiger charge is -2.18. The maximum atomic E-state index is 11.7. The molecule has 2 aliphatic heterocycles. The van der Waals surface area contributed by atoms with E-state index in [1.807, 2.05) is 18.2 Å². The molecule has 0 spiro atoms. The highest BCUT2D eigenvalue weighted by Crippen LogP contribution is 2.32. The zero-order chi connectivity index (χ0) is 16.0. The van der Waals surface area contributed by atoms with Crippen LogP contribution in [0.15, 0.2) is 24.4 Å². The first-order chi connectivity index (χ1) is 11.2. The van der Waals surface area contributed by atoms with Crippen molar-refractivity contribution < 1.29 is 23.7 Å². The molecule has 3 heterocycles. The summed E-state index contributed by atoms with van der Waals surface area (Å²) in [5.74, 6) is 0.734. The molecule has 1 aromatic heterocycles. The van der Waals surface area contributed by atoms with Gasteiger partial charge in [-0.05, 0) is 25.1 Å². The van der Waals surface area contributed by atoms with Crippen LogP contribution in [0.25, 0.3) is 10.9 Å². The Kier molecular flexibility index (Phi) is 3.60. The van der Waals surface area contributed by atoms with E-state index >= 15 is 0 Å². The van der Waals surface area contributed by atoms with Crippen LogP contribution in [0.3, 0.4) is 0 Å². The topological polar surface area (TPSA) is 69.8 Å².